The number of nitrogens with zero attached hydrogens (tertiary/aromatic N) is 1. The highest BCUT2D eigenvalue weighted by atomic mass is 14.9. The molecule has 0 radical (unpaired) electrons. The molecule has 3 aromatic carbocycles. The highest BCUT2D eigenvalue weighted by Gasteiger charge is 2.18. The zero-order valence-corrected chi connectivity index (χ0v) is 15.9. The summed E-state index contributed by atoms with van der Waals surface area (Å²) in [6.45, 7) is 6.60. The van der Waals surface area contributed by atoms with E-state index >= 15 is 0 Å². The SMILES string of the molecule is Cc1cc(C)c(C)c(-c2c3ccc(-c4ccccc4)cc3cc[n+]2C)c1. The molecule has 26 heavy (non-hydrogen) atoms. The third-order valence-electron chi connectivity index (χ3n) is 5.31. The van der Waals surface area contributed by atoms with Crippen LogP contribution in [-0.4, -0.2) is 0 Å². The standard InChI is InChI=1S/C25H24N/c1-17-14-18(2)19(3)24(15-17)25-23-11-10-21(20-8-6-5-7-9-20)16-22(23)12-13-26(25)4/h5-16H,1-4H3/q+1. The van der Waals surface area contributed by atoms with Crippen molar-refractivity contribution in [1.82, 2.24) is 0 Å². The van der Waals surface area contributed by atoms with Crippen molar-refractivity contribution in [2.45, 2.75) is 20.8 Å². The van der Waals surface area contributed by atoms with Gasteiger partial charge in [-0.25, -0.2) is 4.57 Å². The Morgan fingerprint density at radius 1 is 0.731 bits per heavy atom. The van der Waals surface area contributed by atoms with Crippen molar-refractivity contribution in [2.24, 2.45) is 7.05 Å². The van der Waals surface area contributed by atoms with Crippen LogP contribution in [-0.2, 0) is 7.05 Å². The molecule has 0 aliphatic rings. The number of hydrogen-bond donors (Lipinski definition) is 0. The Morgan fingerprint density at radius 2 is 1.50 bits per heavy atom. The number of aromatic nitrogens is 1. The fourth-order valence-electron chi connectivity index (χ4n) is 3.80. The lowest BCUT2D eigenvalue weighted by Crippen LogP contribution is -2.30. The molecule has 0 aliphatic carbocycles. The number of aryl methyl sites for hydroxylation is 3. The van der Waals surface area contributed by atoms with Crippen molar-refractivity contribution < 1.29 is 4.57 Å². The van der Waals surface area contributed by atoms with Gasteiger partial charge >= 0.3 is 0 Å². The molecule has 0 unspecified atom stereocenters. The van der Waals surface area contributed by atoms with Crippen molar-refractivity contribution in [3.05, 3.63) is 89.6 Å². The summed E-state index contributed by atoms with van der Waals surface area (Å²) in [6.07, 6.45) is 2.17. The lowest BCUT2D eigenvalue weighted by molar-refractivity contribution is -0.659. The molecule has 0 atom stereocenters. The number of benzene rings is 3. The fraction of sp³-hybridized carbons (Fsp3) is 0.160. The van der Waals surface area contributed by atoms with Gasteiger partial charge in [-0.1, -0.05) is 48.0 Å². The first-order valence-electron chi connectivity index (χ1n) is 9.10. The second-order valence-corrected chi connectivity index (χ2v) is 7.20. The van der Waals surface area contributed by atoms with Crippen LogP contribution in [0.15, 0.2) is 72.9 Å². The Kier molecular flexibility index (Phi) is 4.08. The van der Waals surface area contributed by atoms with Gasteiger partial charge in [-0.3, -0.25) is 0 Å². The van der Waals surface area contributed by atoms with Crippen molar-refractivity contribution in [1.29, 1.82) is 0 Å². The smallest absolute Gasteiger partial charge is 0.200 e. The monoisotopic (exact) mass is 338 g/mol. The minimum atomic E-state index is 1.26. The third kappa shape index (κ3) is 2.80. The molecule has 1 aromatic heterocycles. The fourth-order valence-corrected chi connectivity index (χ4v) is 3.80. The van der Waals surface area contributed by atoms with Crippen LogP contribution in [0.1, 0.15) is 16.7 Å². The molecule has 4 rings (SSSR count). The van der Waals surface area contributed by atoms with Crippen LogP contribution in [0.3, 0.4) is 0 Å². The van der Waals surface area contributed by atoms with E-state index in [1.165, 1.54) is 49.8 Å². The van der Waals surface area contributed by atoms with Gasteiger partial charge in [0.1, 0.15) is 7.05 Å². The van der Waals surface area contributed by atoms with Crippen LogP contribution in [0.2, 0.25) is 0 Å². The molecule has 0 N–H and O–H groups in total. The average Bonchev–Trinajstić information content (AvgIpc) is 2.65. The maximum Gasteiger partial charge on any atom is 0.220 e. The summed E-state index contributed by atoms with van der Waals surface area (Å²) in [5.74, 6) is 0. The van der Waals surface area contributed by atoms with E-state index in [-0.39, 0.29) is 0 Å². The molecule has 0 saturated heterocycles. The first-order chi connectivity index (χ1) is 12.5. The van der Waals surface area contributed by atoms with Crippen LogP contribution < -0.4 is 4.57 Å². The Hall–Kier alpha value is -2.93. The Bertz CT molecular complexity index is 1110. The second kappa shape index (κ2) is 6.42. The van der Waals surface area contributed by atoms with Gasteiger partial charge in [0.05, 0.1) is 10.9 Å². The first-order valence-corrected chi connectivity index (χ1v) is 9.10. The maximum absolute atomic E-state index is 2.31. The quantitative estimate of drug-likeness (QED) is 0.399. The molecular weight excluding hydrogens is 314 g/mol. The third-order valence-corrected chi connectivity index (χ3v) is 5.31. The van der Waals surface area contributed by atoms with Gasteiger partial charge < -0.3 is 0 Å². The Morgan fingerprint density at radius 3 is 2.27 bits per heavy atom. The molecule has 0 aliphatic heterocycles. The predicted octanol–water partition coefficient (Wildman–Crippen LogP) is 5.92. The Labute approximate surface area is 155 Å². The van der Waals surface area contributed by atoms with Gasteiger partial charge in [0, 0.05) is 6.07 Å². The van der Waals surface area contributed by atoms with Gasteiger partial charge in [0.2, 0.25) is 5.69 Å². The van der Waals surface area contributed by atoms with E-state index in [4.69, 9.17) is 0 Å². The van der Waals surface area contributed by atoms with E-state index in [9.17, 15) is 0 Å². The van der Waals surface area contributed by atoms with Crippen LogP contribution in [0.25, 0.3) is 33.2 Å². The maximum atomic E-state index is 2.31. The van der Waals surface area contributed by atoms with Gasteiger partial charge in [-0.15, -0.1) is 0 Å². The zero-order chi connectivity index (χ0) is 18.3. The topological polar surface area (TPSA) is 3.88 Å². The van der Waals surface area contributed by atoms with E-state index in [0.29, 0.717) is 0 Å². The van der Waals surface area contributed by atoms with E-state index in [1.54, 1.807) is 0 Å². The van der Waals surface area contributed by atoms with Crippen LogP contribution in [0, 0.1) is 20.8 Å². The lowest BCUT2D eigenvalue weighted by atomic mass is 9.93. The van der Waals surface area contributed by atoms with Crippen molar-refractivity contribution in [2.75, 3.05) is 0 Å². The van der Waals surface area contributed by atoms with Crippen LogP contribution in [0.5, 0.6) is 0 Å². The molecule has 128 valence electrons. The van der Waals surface area contributed by atoms with Crippen molar-refractivity contribution in [3.8, 4) is 22.4 Å². The van der Waals surface area contributed by atoms with Crippen LogP contribution in [0.4, 0.5) is 0 Å². The summed E-state index contributed by atoms with van der Waals surface area (Å²) >= 11 is 0. The van der Waals surface area contributed by atoms with Crippen molar-refractivity contribution in [3.63, 3.8) is 0 Å². The number of pyridine rings is 1. The highest BCUT2D eigenvalue weighted by Crippen LogP contribution is 2.32. The molecule has 1 heterocycles. The summed E-state index contributed by atoms with van der Waals surface area (Å²) in [6, 6.07) is 24.2. The van der Waals surface area contributed by atoms with E-state index in [1.807, 2.05) is 0 Å². The Balaban J connectivity index is 1.98. The average molecular weight is 338 g/mol. The lowest BCUT2D eigenvalue weighted by Gasteiger charge is -2.12. The minimum Gasteiger partial charge on any atom is -0.200 e. The van der Waals surface area contributed by atoms with E-state index < -0.39 is 0 Å². The van der Waals surface area contributed by atoms with Gasteiger partial charge in [-0.2, -0.15) is 0 Å². The number of hydrogen-bond acceptors (Lipinski definition) is 0. The largest absolute Gasteiger partial charge is 0.220 e. The van der Waals surface area contributed by atoms with Gasteiger partial charge in [0.15, 0.2) is 6.20 Å². The number of fused-ring (bicyclic) bond motifs is 1. The molecule has 0 amide bonds. The van der Waals surface area contributed by atoms with E-state index in [0.717, 1.165) is 0 Å². The predicted molar refractivity (Wildman–Crippen MR) is 110 cm³/mol. The highest BCUT2D eigenvalue weighted by molar-refractivity contribution is 5.96. The van der Waals surface area contributed by atoms with Gasteiger partial charge in [0.25, 0.3) is 0 Å². The summed E-state index contributed by atoms with van der Waals surface area (Å²) < 4.78 is 2.24. The van der Waals surface area contributed by atoms with E-state index in [2.05, 4.69) is 105 Å². The van der Waals surface area contributed by atoms with Crippen molar-refractivity contribution >= 4 is 10.8 Å². The molecule has 1 nitrogen and oxygen atoms in total. The molecule has 0 bridgehead atoms. The molecule has 4 aromatic rings. The second-order valence-electron chi connectivity index (χ2n) is 7.20. The molecule has 0 spiro atoms. The molecule has 1 heteroatoms. The summed E-state index contributed by atoms with van der Waals surface area (Å²) in [5, 5.41) is 2.57. The molecule has 0 saturated carbocycles. The summed E-state index contributed by atoms with van der Waals surface area (Å²) in [7, 11) is 2.14. The molecular formula is C25H24N+. The summed E-state index contributed by atoms with van der Waals surface area (Å²) in [4.78, 5) is 0. The normalized spacial score (nSPS) is 11.1. The zero-order valence-electron chi connectivity index (χ0n) is 15.9. The minimum absolute atomic E-state index is 1.26. The first kappa shape index (κ1) is 16.5. The molecule has 0 fully saturated rings. The van der Waals surface area contributed by atoms with Gasteiger partial charge in [-0.05, 0) is 66.6 Å². The van der Waals surface area contributed by atoms with Crippen LogP contribution >= 0.6 is 0 Å². The summed E-state index contributed by atoms with van der Waals surface area (Å²) in [5.41, 5.74) is 9.13. The number of rotatable bonds is 2.